The van der Waals surface area contributed by atoms with Crippen molar-refractivity contribution < 1.29 is 9.53 Å². The highest BCUT2D eigenvalue weighted by Gasteiger charge is 2.18. The van der Waals surface area contributed by atoms with Crippen LogP contribution >= 0.6 is 0 Å². The molecule has 1 aliphatic heterocycles. The Morgan fingerprint density at radius 2 is 2.04 bits per heavy atom. The van der Waals surface area contributed by atoms with Crippen LogP contribution in [0.5, 0.6) is 0 Å². The van der Waals surface area contributed by atoms with Crippen molar-refractivity contribution in [1.29, 1.82) is 0 Å². The molecule has 1 N–H and O–H groups in total. The minimum atomic E-state index is -0.210. The van der Waals surface area contributed by atoms with E-state index in [0.717, 1.165) is 31.8 Å². The second-order valence-electron chi connectivity index (χ2n) is 6.83. The first-order valence-corrected chi connectivity index (χ1v) is 9.17. The summed E-state index contributed by atoms with van der Waals surface area (Å²) in [5, 5.41) is 11.3. The number of nitrogens with zero attached hydrogens (tertiary/aromatic N) is 3. The van der Waals surface area contributed by atoms with E-state index in [2.05, 4.69) is 46.4 Å². The number of carbonyl (C=O) groups excluding carboxylic acids is 1. The number of hydrogen-bond donors (Lipinski definition) is 1. The van der Waals surface area contributed by atoms with Gasteiger partial charge in [0.05, 0.1) is 6.10 Å². The van der Waals surface area contributed by atoms with Crippen molar-refractivity contribution in [3.8, 4) is 0 Å². The van der Waals surface area contributed by atoms with Gasteiger partial charge in [0, 0.05) is 25.7 Å². The molecule has 1 aromatic heterocycles. The minimum absolute atomic E-state index is 0.119. The lowest BCUT2D eigenvalue weighted by molar-refractivity contribution is 0.0853. The number of hydrogen-bond acceptors (Lipinski definition) is 5. The molecule has 0 radical (unpaired) electrons. The topological polar surface area (TPSA) is 67.4 Å². The molecule has 0 bridgehead atoms. The van der Waals surface area contributed by atoms with E-state index >= 15 is 0 Å². The van der Waals surface area contributed by atoms with Crippen molar-refractivity contribution in [2.75, 3.05) is 18.1 Å². The first kappa shape index (κ1) is 18.3. The van der Waals surface area contributed by atoms with Crippen molar-refractivity contribution in [3.63, 3.8) is 0 Å². The summed E-state index contributed by atoms with van der Waals surface area (Å²) in [5.74, 6) is 0.554. The van der Waals surface area contributed by atoms with Gasteiger partial charge in [-0.25, -0.2) is 0 Å². The molecular weight excluding hydrogens is 328 g/mol. The number of nitrogens with one attached hydrogen (secondary N) is 1. The van der Waals surface area contributed by atoms with E-state index in [-0.39, 0.29) is 18.1 Å². The summed E-state index contributed by atoms with van der Waals surface area (Å²) in [5.41, 5.74) is 1.54. The van der Waals surface area contributed by atoms with Crippen LogP contribution in [0.2, 0.25) is 0 Å². The summed E-state index contributed by atoms with van der Waals surface area (Å²) in [6, 6.07) is 14.1. The van der Waals surface area contributed by atoms with Crippen molar-refractivity contribution >= 4 is 11.7 Å². The Hall–Kier alpha value is -2.47. The first-order chi connectivity index (χ1) is 12.6. The Morgan fingerprint density at radius 1 is 1.23 bits per heavy atom. The predicted molar refractivity (Wildman–Crippen MR) is 101 cm³/mol. The third kappa shape index (κ3) is 4.79. The van der Waals surface area contributed by atoms with Crippen LogP contribution in [0.3, 0.4) is 0 Å². The molecule has 1 fully saturated rings. The molecule has 1 saturated heterocycles. The van der Waals surface area contributed by atoms with Crippen molar-refractivity contribution in [2.24, 2.45) is 0 Å². The van der Waals surface area contributed by atoms with Crippen LogP contribution in [-0.2, 0) is 11.3 Å². The molecule has 2 aromatic rings. The molecule has 138 valence electrons. The molecule has 1 atom stereocenters. The molecule has 0 saturated carbocycles. The maximum atomic E-state index is 12.2. The van der Waals surface area contributed by atoms with Gasteiger partial charge in [0.1, 0.15) is 0 Å². The second-order valence-corrected chi connectivity index (χ2v) is 6.83. The lowest BCUT2D eigenvalue weighted by Gasteiger charge is -2.27. The van der Waals surface area contributed by atoms with E-state index in [4.69, 9.17) is 4.74 Å². The molecule has 0 spiro atoms. The van der Waals surface area contributed by atoms with E-state index in [1.807, 2.05) is 24.3 Å². The molecular formula is C20H26N4O2. The number of benzene rings is 1. The van der Waals surface area contributed by atoms with Gasteiger partial charge in [-0.2, -0.15) is 0 Å². The molecule has 26 heavy (non-hydrogen) atoms. The maximum Gasteiger partial charge on any atom is 0.271 e. The van der Waals surface area contributed by atoms with Gasteiger partial charge in [-0.05, 0) is 44.4 Å². The normalized spacial score (nSPS) is 16.7. The van der Waals surface area contributed by atoms with E-state index < -0.39 is 0 Å². The van der Waals surface area contributed by atoms with Gasteiger partial charge in [-0.15, -0.1) is 10.2 Å². The van der Waals surface area contributed by atoms with Crippen LogP contribution < -0.4 is 10.2 Å². The minimum Gasteiger partial charge on any atom is -0.376 e. The van der Waals surface area contributed by atoms with Gasteiger partial charge in [0.25, 0.3) is 5.91 Å². The smallest absolute Gasteiger partial charge is 0.271 e. The molecule has 6 heteroatoms. The molecule has 1 unspecified atom stereocenters. The predicted octanol–water partition coefficient (Wildman–Crippen LogP) is 2.80. The average molecular weight is 354 g/mol. The van der Waals surface area contributed by atoms with E-state index in [9.17, 15) is 4.79 Å². The Bertz CT molecular complexity index is 698. The third-order valence-corrected chi connectivity index (χ3v) is 4.51. The number of anilines is 1. The van der Waals surface area contributed by atoms with Crippen molar-refractivity contribution in [1.82, 2.24) is 15.5 Å². The van der Waals surface area contributed by atoms with Crippen molar-refractivity contribution in [3.05, 3.63) is 53.7 Å². The van der Waals surface area contributed by atoms with Crippen LogP contribution in [0.25, 0.3) is 0 Å². The average Bonchev–Trinajstić information content (AvgIpc) is 3.18. The molecule has 3 rings (SSSR count). The van der Waals surface area contributed by atoms with Gasteiger partial charge in [-0.3, -0.25) is 4.79 Å². The fraction of sp³-hybridized carbons (Fsp3) is 0.450. The Kier molecular flexibility index (Phi) is 6.17. The quantitative estimate of drug-likeness (QED) is 0.828. The zero-order valence-electron chi connectivity index (χ0n) is 15.4. The van der Waals surface area contributed by atoms with E-state index in [0.29, 0.717) is 12.2 Å². The molecule has 2 heterocycles. The van der Waals surface area contributed by atoms with E-state index in [1.54, 1.807) is 6.07 Å². The van der Waals surface area contributed by atoms with E-state index in [1.165, 1.54) is 5.56 Å². The first-order valence-electron chi connectivity index (χ1n) is 9.17. The second kappa shape index (κ2) is 8.76. The van der Waals surface area contributed by atoms with Gasteiger partial charge < -0.3 is 15.0 Å². The third-order valence-electron chi connectivity index (χ3n) is 4.51. The maximum absolute atomic E-state index is 12.2. The number of aromatic nitrogens is 2. The number of rotatable bonds is 7. The van der Waals surface area contributed by atoms with Crippen LogP contribution in [0.15, 0.2) is 42.5 Å². The fourth-order valence-corrected chi connectivity index (χ4v) is 3.01. The molecule has 6 nitrogen and oxygen atoms in total. The van der Waals surface area contributed by atoms with Gasteiger partial charge in [0.15, 0.2) is 11.5 Å². The highest BCUT2D eigenvalue weighted by Crippen LogP contribution is 2.17. The largest absolute Gasteiger partial charge is 0.376 e. The monoisotopic (exact) mass is 354 g/mol. The summed E-state index contributed by atoms with van der Waals surface area (Å²) < 4.78 is 5.52. The number of carbonyl (C=O) groups is 1. The van der Waals surface area contributed by atoms with Crippen LogP contribution in [-0.4, -0.2) is 41.4 Å². The fourth-order valence-electron chi connectivity index (χ4n) is 3.01. The molecule has 1 aliphatic rings. The number of ether oxygens (including phenoxy) is 1. The molecule has 0 aliphatic carbocycles. The lowest BCUT2D eigenvalue weighted by Crippen LogP contribution is -2.33. The Balaban J connectivity index is 1.63. The summed E-state index contributed by atoms with van der Waals surface area (Å²) in [6.45, 7) is 6.29. The van der Waals surface area contributed by atoms with Crippen molar-refractivity contribution in [2.45, 2.75) is 45.4 Å². The summed E-state index contributed by atoms with van der Waals surface area (Å²) in [4.78, 5) is 14.4. The summed E-state index contributed by atoms with van der Waals surface area (Å²) in [6.07, 6.45) is 2.17. The van der Waals surface area contributed by atoms with Gasteiger partial charge in [0.2, 0.25) is 0 Å². The summed E-state index contributed by atoms with van der Waals surface area (Å²) >= 11 is 0. The van der Waals surface area contributed by atoms with Crippen LogP contribution in [0.1, 0.15) is 42.7 Å². The molecule has 1 aromatic carbocycles. The highest BCUT2D eigenvalue weighted by atomic mass is 16.5. The van der Waals surface area contributed by atoms with Crippen LogP contribution in [0, 0.1) is 0 Å². The Labute approximate surface area is 154 Å². The van der Waals surface area contributed by atoms with Crippen LogP contribution in [0.4, 0.5) is 5.82 Å². The van der Waals surface area contributed by atoms with Gasteiger partial charge >= 0.3 is 0 Å². The highest BCUT2D eigenvalue weighted by molar-refractivity contribution is 5.92. The van der Waals surface area contributed by atoms with Gasteiger partial charge in [-0.1, -0.05) is 30.3 Å². The zero-order valence-corrected chi connectivity index (χ0v) is 15.4. The lowest BCUT2D eigenvalue weighted by atomic mass is 10.2. The zero-order chi connectivity index (χ0) is 18.4. The Morgan fingerprint density at radius 3 is 2.65 bits per heavy atom. The SMILES string of the molecule is CC(C)N(Cc1ccccc1)c1ccc(C(=O)NCC2CCCO2)nn1. The molecule has 1 amide bonds. The summed E-state index contributed by atoms with van der Waals surface area (Å²) in [7, 11) is 0. The number of amides is 1. The standard InChI is InChI=1S/C20H26N4O2/c1-15(2)24(14-16-7-4-3-5-8-16)19-11-10-18(22-23-19)20(25)21-13-17-9-6-12-26-17/h3-5,7-8,10-11,15,17H,6,9,12-14H2,1-2H3,(H,21,25).